The van der Waals surface area contributed by atoms with E-state index in [1.165, 1.54) is 17.8 Å². The van der Waals surface area contributed by atoms with Gasteiger partial charge < -0.3 is 5.32 Å². The van der Waals surface area contributed by atoms with Gasteiger partial charge in [-0.1, -0.05) is 6.92 Å². The van der Waals surface area contributed by atoms with Crippen molar-refractivity contribution in [3.63, 3.8) is 0 Å². The first kappa shape index (κ1) is 13.5. The second-order valence-electron chi connectivity index (χ2n) is 5.36. The molecule has 1 aromatic heterocycles. The summed E-state index contributed by atoms with van der Waals surface area (Å²) in [5.74, 6) is 0. The second-order valence-corrected chi connectivity index (χ2v) is 8.70. The van der Waals surface area contributed by atoms with E-state index in [4.69, 9.17) is 0 Å². The van der Waals surface area contributed by atoms with Crippen molar-refractivity contribution in [1.29, 1.82) is 0 Å². The molecule has 2 fully saturated rings. The quantitative estimate of drug-likeness (QED) is 0.926. The number of rotatable bonds is 3. The largest absolute Gasteiger partial charge is 0.310 e. The van der Waals surface area contributed by atoms with Crippen LogP contribution in [0.2, 0.25) is 0 Å². The van der Waals surface area contributed by atoms with E-state index in [0.29, 0.717) is 29.4 Å². The van der Waals surface area contributed by atoms with Crippen molar-refractivity contribution in [3.8, 4) is 0 Å². The number of aryl methyl sites for hydroxylation is 1. The van der Waals surface area contributed by atoms with Crippen molar-refractivity contribution in [2.45, 2.75) is 48.9 Å². The minimum atomic E-state index is -3.29. The topological polar surface area (TPSA) is 49.4 Å². The van der Waals surface area contributed by atoms with Crippen LogP contribution in [0.4, 0.5) is 0 Å². The molecular formula is C13H20N2O2S2. The van der Waals surface area contributed by atoms with E-state index in [-0.39, 0.29) is 0 Å². The molecule has 0 aromatic carbocycles. The van der Waals surface area contributed by atoms with Crippen LogP contribution in [0.25, 0.3) is 0 Å². The molecule has 0 saturated carbocycles. The Hall–Kier alpha value is -0.430. The van der Waals surface area contributed by atoms with Gasteiger partial charge in [0.1, 0.15) is 4.21 Å². The number of thiophene rings is 1. The predicted molar refractivity (Wildman–Crippen MR) is 77.0 cm³/mol. The first-order valence-corrected chi connectivity index (χ1v) is 9.20. The van der Waals surface area contributed by atoms with E-state index in [0.717, 1.165) is 24.1 Å². The molecular weight excluding hydrogens is 280 g/mol. The average Bonchev–Trinajstić information content (AvgIpc) is 2.95. The zero-order valence-corrected chi connectivity index (χ0v) is 12.8. The highest BCUT2D eigenvalue weighted by atomic mass is 32.2. The minimum absolute atomic E-state index is 0.341. The Morgan fingerprint density at radius 3 is 2.84 bits per heavy atom. The molecule has 19 heavy (non-hydrogen) atoms. The maximum atomic E-state index is 12.7. The van der Waals surface area contributed by atoms with Crippen LogP contribution in [-0.2, 0) is 16.4 Å². The van der Waals surface area contributed by atoms with Crippen LogP contribution in [0, 0.1) is 0 Å². The van der Waals surface area contributed by atoms with Gasteiger partial charge in [-0.25, -0.2) is 8.42 Å². The monoisotopic (exact) mass is 300 g/mol. The molecule has 0 spiro atoms. The minimum Gasteiger partial charge on any atom is -0.310 e. The van der Waals surface area contributed by atoms with Crippen molar-refractivity contribution in [2.75, 3.05) is 13.1 Å². The average molecular weight is 300 g/mol. The lowest BCUT2D eigenvalue weighted by Gasteiger charge is -2.22. The smallest absolute Gasteiger partial charge is 0.252 e. The third kappa shape index (κ3) is 2.59. The normalized spacial score (nSPS) is 28.5. The fourth-order valence-electron chi connectivity index (χ4n) is 2.94. The lowest BCUT2D eigenvalue weighted by molar-refractivity contribution is 0.384. The number of nitrogens with zero attached hydrogens (tertiary/aromatic N) is 1. The molecule has 106 valence electrons. The Morgan fingerprint density at radius 2 is 2.11 bits per heavy atom. The van der Waals surface area contributed by atoms with Crippen LogP contribution in [0.15, 0.2) is 16.3 Å². The fraction of sp³-hybridized carbons (Fsp3) is 0.692. The van der Waals surface area contributed by atoms with Gasteiger partial charge >= 0.3 is 0 Å². The van der Waals surface area contributed by atoms with Gasteiger partial charge in [0.15, 0.2) is 0 Å². The molecule has 2 bridgehead atoms. The second kappa shape index (κ2) is 5.16. The van der Waals surface area contributed by atoms with E-state index in [1.807, 2.05) is 6.07 Å². The molecule has 0 aliphatic carbocycles. The maximum Gasteiger partial charge on any atom is 0.252 e. The third-order valence-corrected chi connectivity index (χ3v) is 7.63. The molecule has 2 unspecified atom stereocenters. The number of sulfonamides is 1. The van der Waals surface area contributed by atoms with Gasteiger partial charge in [-0.2, -0.15) is 4.31 Å². The van der Waals surface area contributed by atoms with E-state index >= 15 is 0 Å². The predicted octanol–water partition coefficient (Wildman–Crippen LogP) is 1.83. The zero-order valence-electron chi connectivity index (χ0n) is 11.1. The number of fused-ring (bicyclic) bond motifs is 2. The third-order valence-electron chi connectivity index (χ3n) is 4.07. The summed E-state index contributed by atoms with van der Waals surface area (Å²) in [5, 5.41) is 3.52. The van der Waals surface area contributed by atoms with Gasteiger partial charge in [0, 0.05) is 30.1 Å². The van der Waals surface area contributed by atoms with Crippen LogP contribution < -0.4 is 5.32 Å². The van der Waals surface area contributed by atoms with Crippen LogP contribution in [0.1, 0.15) is 31.1 Å². The molecule has 2 atom stereocenters. The molecule has 0 radical (unpaired) electrons. The van der Waals surface area contributed by atoms with Gasteiger partial charge in [0.2, 0.25) is 0 Å². The zero-order chi connectivity index (χ0) is 13.5. The van der Waals surface area contributed by atoms with Crippen molar-refractivity contribution in [3.05, 3.63) is 17.0 Å². The molecule has 2 aliphatic heterocycles. The van der Waals surface area contributed by atoms with Crippen LogP contribution in [0.3, 0.4) is 0 Å². The molecule has 3 rings (SSSR count). The summed E-state index contributed by atoms with van der Waals surface area (Å²) >= 11 is 1.41. The molecule has 6 heteroatoms. The lowest BCUT2D eigenvalue weighted by Crippen LogP contribution is -2.38. The summed E-state index contributed by atoms with van der Waals surface area (Å²) in [6, 6.07) is 4.54. The van der Waals surface area contributed by atoms with Gasteiger partial charge in [0.05, 0.1) is 0 Å². The van der Waals surface area contributed by atoms with E-state index in [1.54, 1.807) is 10.4 Å². The molecule has 2 aliphatic rings. The summed E-state index contributed by atoms with van der Waals surface area (Å²) in [7, 11) is -3.29. The van der Waals surface area contributed by atoms with E-state index < -0.39 is 10.0 Å². The lowest BCUT2D eigenvalue weighted by atomic mass is 10.1. The molecule has 3 heterocycles. The Morgan fingerprint density at radius 1 is 1.32 bits per heavy atom. The van der Waals surface area contributed by atoms with Crippen molar-refractivity contribution in [1.82, 2.24) is 9.62 Å². The Labute approximate surface area is 118 Å². The fourth-order valence-corrected chi connectivity index (χ4v) is 5.89. The standard InChI is InChI=1S/C13H20N2O2S2/c1-2-12-5-6-13(18-12)19(16,17)15-8-7-10-3-4-11(9-15)14-10/h5-6,10-11,14H,2-4,7-9H2,1H3. The maximum absolute atomic E-state index is 12.7. The Kier molecular flexibility index (Phi) is 3.68. The summed E-state index contributed by atoms with van der Waals surface area (Å²) in [4.78, 5) is 1.13. The van der Waals surface area contributed by atoms with Crippen molar-refractivity contribution < 1.29 is 8.42 Å². The summed E-state index contributed by atoms with van der Waals surface area (Å²) in [5.41, 5.74) is 0. The Balaban J connectivity index is 1.83. The van der Waals surface area contributed by atoms with Gasteiger partial charge in [0.25, 0.3) is 10.0 Å². The molecule has 0 amide bonds. The van der Waals surface area contributed by atoms with Crippen molar-refractivity contribution >= 4 is 21.4 Å². The SMILES string of the molecule is CCc1ccc(S(=O)(=O)N2CCC3CCC(C2)N3)s1. The summed E-state index contributed by atoms with van der Waals surface area (Å²) in [6.07, 6.45) is 4.12. The number of hydrogen-bond acceptors (Lipinski definition) is 4. The summed E-state index contributed by atoms with van der Waals surface area (Å²) in [6.45, 7) is 3.32. The first-order chi connectivity index (χ1) is 9.09. The highest BCUT2D eigenvalue weighted by Crippen LogP contribution is 2.28. The molecule has 1 aromatic rings. The first-order valence-electron chi connectivity index (χ1n) is 6.94. The van der Waals surface area contributed by atoms with E-state index in [9.17, 15) is 8.42 Å². The van der Waals surface area contributed by atoms with Crippen LogP contribution >= 0.6 is 11.3 Å². The van der Waals surface area contributed by atoms with Gasteiger partial charge in [-0.15, -0.1) is 11.3 Å². The Bertz CT molecular complexity index is 553. The highest BCUT2D eigenvalue weighted by molar-refractivity contribution is 7.91. The number of nitrogens with one attached hydrogen (secondary N) is 1. The van der Waals surface area contributed by atoms with E-state index in [2.05, 4.69) is 12.2 Å². The van der Waals surface area contributed by atoms with Crippen LogP contribution in [-0.4, -0.2) is 37.9 Å². The van der Waals surface area contributed by atoms with Crippen molar-refractivity contribution in [2.24, 2.45) is 0 Å². The summed E-state index contributed by atoms with van der Waals surface area (Å²) < 4.78 is 27.5. The molecule has 4 nitrogen and oxygen atoms in total. The number of hydrogen-bond donors (Lipinski definition) is 1. The van der Waals surface area contributed by atoms with Gasteiger partial charge in [-0.05, 0) is 37.8 Å². The van der Waals surface area contributed by atoms with Crippen LogP contribution in [0.5, 0.6) is 0 Å². The molecule has 1 N–H and O–H groups in total. The molecule has 2 saturated heterocycles. The highest BCUT2D eigenvalue weighted by Gasteiger charge is 2.35. The van der Waals surface area contributed by atoms with Gasteiger partial charge in [-0.3, -0.25) is 0 Å².